The number of hydrogen-bond donors (Lipinski definition) is 0. The second-order valence-electron chi connectivity index (χ2n) is 9.47. The van der Waals surface area contributed by atoms with Crippen LogP contribution in [0.2, 0.25) is 0 Å². The first-order chi connectivity index (χ1) is 11.1. The van der Waals surface area contributed by atoms with Gasteiger partial charge in [0.15, 0.2) is 0 Å². The molecule has 2 heteroatoms. The molecule has 1 aromatic rings. The molecule has 2 aliphatic heterocycles. The predicted octanol–water partition coefficient (Wildman–Crippen LogP) is 5.21. The van der Waals surface area contributed by atoms with Gasteiger partial charge in [0.1, 0.15) is 0 Å². The first-order valence-corrected chi connectivity index (χ1v) is 9.23. The van der Waals surface area contributed by atoms with E-state index in [0.29, 0.717) is 12.1 Å². The van der Waals surface area contributed by atoms with Gasteiger partial charge in [-0.15, -0.1) is 0 Å². The largest absolute Gasteiger partial charge is 0.329 e. The second-order valence-corrected chi connectivity index (χ2v) is 9.47. The summed E-state index contributed by atoms with van der Waals surface area (Å²) in [5.74, 6) is 0.212. The molecule has 0 saturated carbocycles. The number of carbonyl (C=O) groups excluding carboxylic acids is 1. The molecule has 1 amide bonds. The molecule has 2 atom stereocenters. The highest BCUT2D eigenvalue weighted by Crippen LogP contribution is 2.35. The van der Waals surface area contributed by atoms with E-state index in [4.69, 9.17) is 0 Å². The van der Waals surface area contributed by atoms with E-state index >= 15 is 0 Å². The Morgan fingerprint density at radius 2 is 1.54 bits per heavy atom. The molecule has 0 radical (unpaired) electrons. The Morgan fingerprint density at radius 3 is 2.04 bits per heavy atom. The maximum atomic E-state index is 13.3. The monoisotopic (exact) mass is 325 g/mol. The molecule has 2 nitrogen and oxygen atoms in total. The first kappa shape index (κ1) is 17.3. The lowest BCUT2D eigenvalue weighted by atomic mass is 9.79. The van der Waals surface area contributed by atoms with E-state index in [1.807, 2.05) is 0 Å². The molecule has 0 aromatic heterocycles. The SMILES string of the molecule is CC(C)(C)c1cc(C(=O)N2C3C=CCC2CC3)cc(C(C)(C)C)c1. The van der Waals surface area contributed by atoms with Gasteiger partial charge in [0, 0.05) is 11.6 Å². The van der Waals surface area contributed by atoms with Crippen LogP contribution in [0, 0.1) is 0 Å². The minimum atomic E-state index is 0.0388. The zero-order valence-corrected chi connectivity index (χ0v) is 16.0. The van der Waals surface area contributed by atoms with Crippen LogP contribution in [-0.4, -0.2) is 22.9 Å². The van der Waals surface area contributed by atoms with Gasteiger partial charge in [-0.1, -0.05) is 59.8 Å². The number of fused-ring (bicyclic) bond motifs is 2. The third-order valence-corrected chi connectivity index (χ3v) is 5.46. The van der Waals surface area contributed by atoms with E-state index in [2.05, 4.69) is 76.8 Å². The molecular weight excluding hydrogens is 294 g/mol. The predicted molar refractivity (Wildman–Crippen MR) is 101 cm³/mol. The quantitative estimate of drug-likeness (QED) is 0.649. The van der Waals surface area contributed by atoms with Crippen molar-refractivity contribution in [1.29, 1.82) is 0 Å². The molecule has 130 valence electrons. The van der Waals surface area contributed by atoms with Gasteiger partial charge in [-0.2, -0.15) is 0 Å². The summed E-state index contributed by atoms with van der Waals surface area (Å²) in [7, 11) is 0. The highest BCUT2D eigenvalue weighted by Gasteiger charge is 2.38. The summed E-state index contributed by atoms with van der Waals surface area (Å²) in [5, 5.41) is 0. The van der Waals surface area contributed by atoms with Crippen LogP contribution in [0.4, 0.5) is 0 Å². The molecule has 2 aliphatic rings. The second kappa shape index (κ2) is 5.75. The Labute approximate surface area is 146 Å². The molecule has 1 fully saturated rings. The Balaban J connectivity index is 2.04. The fraction of sp³-hybridized carbons (Fsp3) is 0.591. The average molecular weight is 325 g/mol. The van der Waals surface area contributed by atoms with Crippen molar-refractivity contribution < 1.29 is 4.79 Å². The minimum Gasteiger partial charge on any atom is -0.329 e. The first-order valence-electron chi connectivity index (χ1n) is 9.23. The summed E-state index contributed by atoms with van der Waals surface area (Å²) in [6.45, 7) is 13.3. The van der Waals surface area contributed by atoms with Crippen LogP contribution < -0.4 is 0 Å². The Hall–Kier alpha value is -1.57. The summed E-state index contributed by atoms with van der Waals surface area (Å²) in [4.78, 5) is 15.4. The van der Waals surface area contributed by atoms with Gasteiger partial charge in [0.2, 0.25) is 0 Å². The van der Waals surface area contributed by atoms with Crippen LogP contribution >= 0.6 is 0 Å². The van der Waals surface area contributed by atoms with Crippen molar-refractivity contribution in [2.45, 2.75) is 83.7 Å². The summed E-state index contributed by atoms with van der Waals surface area (Å²) in [6, 6.07) is 7.21. The summed E-state index contributed by atoms with van der Waals surface area (Å²) < 4.78 is 0. The number of amides is 1. The molecule has 0 aliphatic carbocycles. The van der Waals surface area contributed by atoms with E-state index in [1.165, 1.54) is 11.1 Å². The van der Waals surface area contributed by atoms with Gasteiger partial charge >= 0.3 is 0 Å². The van der Waals surface area contributed by atoms with Crippen molar-refractivity contribution >= 4 is 5.91 Å². The van der Waals surface area contributed by atoms with E-state index in [9.17, 15) is 4.79 Å². The van der Waals surface area contributed by atoms with Gasteiger partial charge in [-0.05, 0) is 53.4 Å². The number of rotatable bonds is 1. The van der Waals surface area contributed by atoms with Crippen LogP contribution in [-0.2, 0) is 10.8 Å². The lowest BCUT2D eigenvalue weighted by Gasteiger charge is -2.33. The molecule has 3 rings (SSSR count). The lowest BCUT2D eigenvalue weighted by molar-refractivity contribution is 0.0688. The molecule has 0 N–H and O–H groups in total. The molecule has 0 spiro atoms. The van der Waals surface area contributed by atoms with Gasteiger partial charge < -0.3 is 4.90 Å². The van der Waals surface area contributed by atoms with Crippen LogP contribution in [0.15, 0.2) is 30.4 Å². The van der Waals surface area contributed by atoms with Crippen molar-refractivity contribution in [3.05, 3.63) is 47.0 Å². The topological polar surface area (TPSA) is 20.3 Å². The molecule has 1 aromatic carbocycles. The van der Waals surface area contributed by atoms with Crippen molar-refractivity contribution in [1.82, 2.24) is 4.90 Å². The van der Waals surface area contributed by atoms with Crippen molar-refractivity contribution in [3.8, 4) is 0 Å². The van der Waals surface area contributed by atoms with E-state index in [1.54, 1.807) is 0 Å². The van der Waals surface area contributed by atoms with Gasteiger partial charge in [0.05, 0.1) is 6.04 Å². The van der Waals surface area contributed by atoms with Gasteiger partial charge in [-0.25, -0.2) is 0 Å². The number of benzene rings is 1. The van der Waals surface area contributed by atoms with Crippen molar-refractivity contribution in [2.75, 3.05) is 0 Å². The Morgan fingerprint density at radius 1 is 0.958 bits per heavy atom. The van der Waals surface area contributed by atoms with E-state index in [-0.39, 0.29) is 16.7 Å². The molecule has 2 bridgehead atoms. The van der Waals surface area contributed by atoms with Gasteiger partial charge in [0.25, 0.3) is 5.91 Å². The third-order valence-electron chi connectivity index (χ3n) is 5.46. The summed E-state index contributed by atoms with van der Waals surface area (Å²) in [5.41, 5.74) is 3.43. The fourth-order valence-electron chi connectivity index (χ4n) is 3.81. The van der Waals surface area contributed by atoms with Crippen LogP contribution in [0.1, 0.15) is 82.3 Å². The summed E-state index contributed by atoms with van der Waals surface area (Å²) >= 11 is 0. The van der Waals surface area contributed by atoms with Crippen LogP contribution in [0.5, 0.6) is 0 Å². The smallest absolute Gasteiger partial charge is 0.254 e. The standard InChI is InChI=1S/C22H31NO/c1-21(2,3)16-12-15(13-17(14-16)22(4,5)6)20(24)23-18-8-7-9-19(23)11-10-18/h7-8,12-14,18-19H,9-11H2,1-6H3. The lowest BCUT2D eigenvalue weighted by Crippen LogP contribution is -2.42. The fourth-order valence-corrected chi connectivity index (χ4v) is 3.81. The summed E-state index contributed by atoms with van der Waals surface area (Å²) in [6.07, 6.45) is 7.72. The Kier molecular flexibility index (Phi) is 4.14. The van der Waals surface area contributed by atoms with Crippen LogP contribution in [0.3, 0.4) is 0 Å². The number of nitrogens with zero attached hydrogens (tertiary/aromatic N) is 1. The van der Waals surface area contributed by atoms with Crippen LogP contribution in [0.25, 0.3) is 0 Å². The molecular formula is C22H31NO. The van der Waals surface area contributed by atoms with Crippen molar-refractivity contribution in [2.24, 2.45) is 0 Å². The third kappa shape index (κ3) is 3.16. The highest BCUT2D eigenvalue weighted by molar-refractivity contribution is 5.95. The zero-order valence-electron chi connectivity index (χ0n) is 16.0. The average Bonchev–Trinajstić information content (AvgIpc) is 2.73. The molecule has 2 heterocycles. The number of carbonyl (C=O) groups is 1. The molecule has 24 heavy (non-hydrogen) atoms. The minimum absolute atomic E-state index is 0.0388. The maximum absolute atomic E-state index is 13.3. The van der Waals surface area contributed by atoms with E-state index in [0.717, 1.165) is 24.8 Å². The number of hydrogen-bond acceptors (Lipinski definition) is 1. The Bertz CT molecular complexity index is 640. The zero-order chi connectivity index (χ0) is 17.7. The van der Waals surface area contributed by atoms with Crippen molar-refractivity contribution in [3.63, 3.8) is 0 Å². The highest BCUT2D eigenvalue weighted by atomic mass is 16.2. The normalized spacial score (nSPS) is 23.7. The molecule has 2 unspecified atom stereocenters. The van der Waals surface area contributed by atoms with Gasteiger partial charge in [-0.3, -0.25) is 4.79 Å². The molecule has 1 saturated heterocycles. The van der Waals surface area contributed by atoms with E-state index < -0.39 is 0 Å². The maximum Gasteiger partial charge on any atom is 0.254 e.